The Morgan fingerprint density at radius 1 is 0.667 bits per heavy atom. The summed E-state index contributed by atoms with van der Waals surface area (Å²) in [6, 6.07) is 25.0. The summed E-state index contributed by atoms with van der Waals surface area (Å²) in [6.45, 7) is 1.94. The molecule has 0 saturated heterocycles. The summed E-state index contributed by atoms with van der Waals surface area (Å²) in [5, 5.41) is 17.8. The molecule has 0 fully saturated rings. The Hall–Kier alpha value is -1.82. The van der Waals surface area contributed by atoms with E-state index in [0.717, 1.165) is 13.8 Å². The number of carbonyl (C=O) groups excluding carboxylic acids is 2. The van der Waals surface area contributed by atoms with Crippen molar-refractivity contribution in [2.75, 3.05) is 0 Å². The minimum Gasteiger partial charge on any atom is -0.550 e. The number of carboxylic acid groups (broad SMARTS) is 2. The molecule has 0 aliphatic carbocycles. The van der Waals surface area contributed by atoms with Crippen LogP contribution in [-0.4, -0.2) is 35.8 Å². The van der Waals surface area contributed by atoms with Gasteiger partial charge in [-0.3, -0.25) is 0 Å². The van der Waals surface area contributed by atoms with Gasteiger partial charge in [-0.05, 0) is 26.0 Å². The molecule has 0 heterocycles. The minimum absolute atomic E-state index is 0. The van der Waals surface area contributed by atoms with Crippen molar-refractivity contribution < 1.29 is 19.8 Å². The molecule has 4 nitrogen and oxygen atoms in total. The number of hydrogen-bond donors (Lipinski definition) is 0. The predicted octanol–water partition coefficient (Wildman–Crippen LogP) is 0.105. The average Bonchev–Trinajstić information content (AvgIpc) is 2.42. The quantitative estimate of drug-likeness (QED) is 0.598. The van der Waals surface area contributed by atoms with Gasteiger partial charge in [-0.2, -0.15) is 0 Å². The Labute approximate surface area is 142 Å². The molecule has 2 aromatic carbocycles. The van der Waals surface area contributed by atoms with E-state index in [1.807, 2.05) is 60.7 Å². The molecule has 2 rings (SSSR count). The molecule has 0 aliphatic heterocycles. The van der Waals surface area contributed by atoms with E-state index in [0.29, 0.717) is 0 Å². The Balaban J connectivity index is -0.000000208. The van der Waals surface area contributed by atoms with E-state index in [2.05, 4.69) is 12.1 Å². The molecule has 0 unspecified atom stereocenters. The van der Waals surface area contributed by atoms with E-state index in [9.17, 15) is 0 Å². The van der Waals surface area contributed by atoms with Gasteiger partial charge >= 0.3 is 23.9 Å². The van der Waals surface area contributed by atoms with Crippen molar-refractivity contribution in [1.29, 1.82) is 0 Å². The van der Waals surface area contributed by atoms with Gasteiger partial charge < -0.3 is 19.8 Å². The van der Waals surface area contributed by atoms with Crippen LogP contribution in [0.1, 0.15) is 13.8 Å². The van der Waals surface area contributed by atoms with Gasteiger partial charge in [0.2, 0.25) is 0 Å². The van der Waals surface area contributed by atoms with Crippen molar-refractivity contribution >= 4 is 35.8 Å². The van der Waals surface area contributed by atoms with E-state index in [1.165, 1.54) is 0 Å². The van der Waals surface area contributed by atoms with Gasteiger partial charge in [0.1, 0.15) is 0 Å². The van der Waals surface area contributed by atoms with Crippen LogP contribution in [0.15, 0.2) is 60.7 Å². The molecule has 0 bridgehead atoms. The number of hydrogen-bond acceptors (Lipinski definition) is 4. The number of carbonyl (C=O) groups is 2. The Kier molecular flexibility index (Phi) is 23.6. The molecule has 0 aromatic heterocycles. The van der Waals surface area contributed by atoms with Crippen LogP contribution in [0, 0.1) is 12.1 Å². The van der Waals surface area contributed by atoms with Gasteiger partial charge in [0.25, 0.3) is 0 Å². The van der Waals surface area contributed by atoms with Gasteiger partial charge in [-0.25, -0.2) is 0 Å². The minimum atomic E-state index is -1.08. The standard InChI is InChI=1S/2C6H5.2C2H4O2.Sn/c2*1-2-4-6-5-3-1;2*1-2(3)4;/h2*1-5H;2*1H3,(H,3,4);/q;;;;+2/p-2. The van der Waals surface area contributed by atoms with Crippen LogP contribution >= 0.6 is 0 Å². The average molecular weight is 391 g/mol. The third-order valence-corrected chi connectivity index (χ3v) is 1.21. The first-order chi connectivity index (χ1) is 9.46. The van der Waals surface area contributed by atoms with E-state index in [-0.39, 0.29) is 23.9 Å². The third kappa shape index (κ3) is 45.9. The number of carboxylic acids is 2. The van der Waals surface area contributed by atoms with Crippen LogP contribution in [0.3, 0.4) is 0 Å². The van der Waals surface area contributed by atoms with Crippen molar-refractivity contribution in [1.82, 2.24) is 0 Å². The summed E-state index contributed by atoms with van der Waals surface area (Å²) in [6.07, 6.45) is 0. The summed E-state index contributed by atoms with van der Waals surface area (Å²) < 4.78 is 0. The molecule has 0 amide bonds. The SMILES string of the molecule is CC(=O)[O-].CC(=O)[O-].[Sn+2].[c]1ccccc1.[c]1ccccc1. The maximum absolute atomic E-state index is 8.89. The van der Waals surface area contributed by atoms with Gasteiger partial charge in [-0.1, -0.05) is 60.7 Å². The van der Waals surface area contributed by atoms with Crippen molar-refractivity contribution in [2.45, 2.75) is 13.8 Å². The number of rotatable bonds is 0. The van der Waals surface area contributed by atoms with E-state index in [1.54, 1.807) is 0 Å². The molecule has 0 atom stereocenters. The second kappa shape index (κ2) is 20.5. The van der Waals surface area contributed by atoms with Crippen LogP contribution in [0.2, 0.25) is 0 Å². The monoisotopic (exact) mass is 392 g/mol. The summed E-state index contributed by atoms with van der Waals surface area (Å²) in [4.78, 5) is 17.8. The normalized spacial score (nSPS) is 6.95. The molecule has 0 spiro atoms. The fourth-order valence-corrected chi connectivity index (χ4v) is 0.684. The predicted molar refractivity (Wildman–Crippen MR) is 77.7 cm³/mol. The molecular weight excluding hydrogens is 375 g/mol. The van der Waals surface area contributed by atoms with Crippen LogP contribution in [0.25, 0.3) is 0 Å². The Morgan fingerprint density at radius 2 is 0.857 bits per heavy atom. The molecule has 0 N–H and O–H groups in total. The summed E-state index contributed by atoms with van der Waals surface area (Å²) in [7, 11) is 0. The second-order valence-electron chi connectivity index (χ2n) is 3.14. The third-order valence-electron chi connectivity index (χ3n) is 1.21. The molecule has 0 saturated carbocycles. The molecular formula is C16H16O4Sn. The maximum atomic E-state index is 8.89. The van der Waals surface area contributed by atoms with E-state index in [4.69, 9.17) is 19.8 Å². The Bertz CT molecular complexity index is 328. The first-order valence-electron chi connectivity index (χ1n) is 5.64. The zero-order valence-electron chi connectivity index (χ0n) is 11.9. The topological polar surface area (TPSA) is 80.3 Å². The number of aliphatic carboxylic acids is 2. The van der Waals surface area contributed by atoms with Crippen molar-refractivity contribution in [3.05, 3.63) is 72.8 Å². The van der Waals surface area contributed by atoms with Gasteiger partial charge in [-0.15, -0.1) is 0 Å². The molecule has 4 radical (unpaired) electrons. The van der Waals surface area contributed by atoms with Crippen LogP contribution in [0.5, 0.6) is 0 Å². The fraction of sp³-hybridized carbons (Fsp3) is 0.125. The van der Waals surface area contributed by atoms with Crippen molar-refractivity contribution in [2.24, 2.45) is 0 Å². The fourth-order valence-electron chi connectivity index (χ4n) is 0.684. The molecule has 108 valence electrons. The number of benzene rings is 2. The first-order valence-corrected chi connectivity index (χ1v) is 5.64. The maximum Gasteiger partial charge on any atom is 2.00 e. The zero-order valence-corrected chi connectivity index (χ0v) is 14.8. The molecule has 21 heavy (non-hydrogen) atoms. The Morgan fingerprint density at radius 3 is 0.905 bits per heavy atom. The second-order valence-corrected chi connectivity index (χ2v) is 3.14. The summed E-state index contributed by atoms with van der Waals surface area (Å²) >= 11 is 0. The van der Waals surface area contributed by atoms with Crippen molar-refractivity contribution in [3.63, 3.8) is 0 Å². The zero-order chi connectivity index (χ0) is 15.6. The first kappa shape index (κ1) is 24.2. The van der Waals surface area contributed by atoms with Crippen LogP contribution in [0.4, 0.5) is 0 Å². The molecule has 0 aliphatic rings. The molecule has 5 heteroatoms. The summed E-state index contributed by atoms with van der Waals surface area (Å²) in [5.74, 6) is -2.17. The smallest absolute Gasteiger partial charge is 0.550 e. The largest absolute Gasteiger partial charge is 2.00 e. The summed E-state index contributed by atoms with van der Waals surface area (Å²) in [5.41, 5.74) is 0. The van der Waals surface area contributed by atoms with Gasteiger partial charge in [0.15, 0.2) is 0 Å². The van der Waals surface area contributed by atoms with E-state index >= 15 is 0 Å². The van der Waals surface area contributed by atoms with Crippen LogP contribution in [-0.2, 0) is 9.59 Å². The van der Waals surface area contributed by atoms with Crippen molar-refractivity contribution in [3.8, 4) is 0 Å². The molecule has 2 aromatic rings. The van der Waals surface area contributed by atoms with Gasteiger partial charge in [0.05, 0.1) is 0 Å². The van der Waals surface area contributed by atoms with Crippen LogP contribution < -0.4 is 10.2 Å². The van der Waals surface area contributed by atoms with E-state index < -0.39 is 11.9 Å². The van der Waals surface area contributed by atoms with Gasteiger partial charge in [0, 0.05) is 11.9 Å².